The average molecular weight is 381 g/mol. The van der Waals surface area contributed by atoms with Gasteiger partial charge in [-0.15, -0.1) is 0 Å². The summed E-state index contributed by atoms with van der Waals surface area (Å²) >= 11 is -0.163. The molecule has 4 heteroatoms. The zero-order valence-electron chi connectivity index (χ0n) is 14.3. The van der Waals surface area contributed by atoms with Gasteiger partial charge >= 0.3 is 145 Å². The van der Waals surface area contributed by atoms with Crippen molar-refractivity contribution in [1.29, 1.82) is 0 Å². The van der Waals surface area contributed by atoms with Crippen LogP contribution in [-0.4, -0.2) is 33.3 Å². The predicted octanol–water partition coefficient (Wildman–Crippen LogP) is 3.39. The fraction of sp³-hybridized carbons (Fsp3) is 0.474. The van der Waals surface area contributed by atoms with Gasteiger partial charge in [-0.1, -0.05) is 0 Å². The van der Waals surface area contributed by atoms with Crippen molar-refractivity contribution in [3.63, 3.8) is 0 Å². The fourth-order valence-electron chi connectivity index (χ4n) is 2.12. The van der Waals surface area contributed by atoms with Crippen LogP contribution < -0.4 is 4.46 Å². The molecule has 1 aromatic carbocycles. The number of allylic oxidation sites excluding steroid dienone is 1. The number of benzene rings is 1. The Morgan fingerprint density at radius 3 is 2.26 bits per heavy atom. The Bertz CT molecular complexity index is 535. The van der Waals surface area contributed by atoms with Gasteiger partial charge in [0.15, 0.2) is 0 Å². The Kier molecular flexibility index (Phi) is 9.58. The van der Waals surface area contributed by atoms with E-state index in [0.29, 0.717) is 29.5 Å². The monoisotopic (exact) mass is 382 g/mol. The number of carbonyl (C=O) groups excluding carboxylic acids is 2. The van der Waals surface area contributed by atoms with Crippen LogP contribution in [0.15, 0.2) is 40.4 Å². The normalized spacial score (nSPS) is 11.8. The molecule has 0 aliphatic heterocycles. The van der Waals surface area contributed by atoms with Crippen LogP contribution in [0.2, 0.25) is 0 Å². The van der Waals surface area contributed by atoms with Gasteiger partial charge in [0.2, 0.25) is 0 Å². The Labute approximate surface area is 145 Å². The first-order valence-electron chi connectivity index (χ1n) is 8.30. The molecule has 0 amide bonds. The molecule has 0 fully saturated rings. The number of esters is 1. The van der Waals surface area contributed by atoms with E-state index < -0.39 is 0 Å². The van der Waals surface area contributed by atoms with E-state index in [4.69, 9.17) is 4.74 Å². The molecule has 0 spiro atoms. The molecule has 0 radical (unpaired) electrons. The Morgan fingerprint density at radius 2 is 1.70 bits per heavy atom. The first-order chi connectivity index (χ1) is 11.1. The number of hydrogen-bond acceptors (Lipinski definition) is 3. The zero-order chi connectivity index (χ0) is 17.1. The molecule has 0 atom stereocenters. The van der Waals surface area contributed by atoms with Crippen LogP contribution in [0.25, 0.3) is 0 Å². The summed E-state index contributed by atoms with van der Waals surface area (Å²) in [4.78, 5) is 25.0. The molecule has 0 heterocycles. The summed E-state index contributed by atoms with van der Waals surface area (Å²) in [7, 11) is 0. The number of Topliss-reactive ketones (excluding diaryl/α,β-unsaturated/α-hetero) is 1. The van der Waals surface area contributed by atoms with Gasteiger partial charge in [-0.25, -0.2) is 0 Å². The van der Waals surface area contributed by atoms with Crippen LogP contribution >= 0.6 is 0 Å². The molecule has 3 nitrogen and oxygen atoms in total. The minimum atomic E-state index is -0.327. The summed E-state index contributed by atoms with van der Waals surface area (Å²) in [5, 5.41) is 0. The van der Waals surface area contributed by atoms with Gasteiger partial charge in [0, 0.05) is 0 Å². The molecule has 126 valence electrons. The number of ketones is 1. The van der Waals surface area contributed by atoms with E-state index in [2.05, 4.69) is 6.92 Å². The maximum atomic E-state index is 12.7. The Balaban J connectivity index is 3.18. The van der Waals surface area contributed by atoms with Gasteiger partial charge in [-0.05, 0) is 0 Å². The van der Waals surface area contributed by atoms with Crippen LogP contribution in [-0.2, 0) is 14.3 Å². The second-order valence-electron chi connectivity index (χ2n) is 5.22. The summed E-state index contributed by atoms with van der Waals surface area (Å²) in [6, 6.07) is 9.92. The topological polar surface area (TPSA) is 43.4 Å². The SMILES string of the molecule is CCCCC(=O)/C([Se]c1ccccc1)=C(/CCC)C(=O)OCC. The van der Waals surface area contributed by atoms with E-state index in [1.807, 2.05) is 37.3 Å². The van der Waals surface area contributed by atoms with Crippen molar-refractivity contribution in [2.75, 3.05) is 6.61 Å². The number of rotatable bonds is 10. The van der Waals surface area contributed by atoms with E-state index in [9.17, 15) is 9.59 Å². The Morgan fingerprint density at radius 1 is 1.00 bits per heavy atom. The molecule has 0 N–H and O–H groups in total. The first-order valence-corrected chi connectivity index (χ1v) is 10.0. The van der Waals surface area contributed by atoms with E-state index in [-0.39, 0.29) is 26.7 Å². The number of unbranched alkanes of at least 4 members (excludes halogenated alkanes) is 1. The quantitative estimate of drug-likeness (QED) is 0.355. The van der Waals surface area contributed by atoms with Crippen LogP contribution in [0.4, 0.5) is 0 Å². The standard InChI is InChI=1S/C19H26O3Se/c1-4-7-14-17(20)18(23-15-12-9-8-10-13-15)16(11-5-2)19(21)22-6-3/h8-10,12-13H,4-7,11,14H2,1-3H3/b18-16+. The molecular weight excluding hydrogens is 355 g/mol. The summed E-state index contributed by atoms with van der Waals surface area (Å²) in [5.41, 5.74) is 0.583. The summed E-state index contributed by atoms with van der Waals surface area (Å²) in [6.07, 6.45) is 3.76. The second-order valence-corrected chi connectivity index (χ2v) is 7.49. The van der Waals surface area contributed by atoms with Crippen molar-refractivity contribution in [1.82, 2.24) is 0 Å². The third kappa shape index (κ3) is 6.72. The predicted molar refractivity (Wildman–Crippen MR) is 94.9 cm³/mol. The van der Waals surface area contributed by atoms with Gasteiger partial charge in [0.1, 0.15) is 0 Å². The van der Waals surface area contributed by atoms with Gasteiger partial charge in [0.05, 0.1) is 0 Å². The number of hydrogen-bond donors (Lipinski definition) is 0. The zero-order valence-corrected chi connectivity index (χ0v) is 16.0. The molecule has 0 aromatic heterocycles. The maximum absolute atomic E-state index is 12.7. The number of carbonyl (C=O) groups is 2. The Hall–Kier alpha value is -1.38. The summed E-state index contributed by atoms with van der Waals surface area (Å²) in [6.45, 7) is 6.21. The summed E-state index contributed by atoms with van der Waals surface area (Å²) in [5.74, 6) is -0.223. The molecule has 0 saturated carbocycles. The molecule has 0 saturated heterocycles. The van der Waals surface area contributed by atoms with Crippen molar-refractivity contribution >= 4 is 31.2 Å². The van der Waals surface area contributed by atoms with Crippen molar-refractivity contribution in [2.24, 2.45) is 0 Å². The molecular formula is C19H26O3Se. The first kappa shape index (κ1) is 19.7. The third-order valence-electron chi connectivity index (χ3n) is 3.27. The molecule has 0 bridgehead atoms. The van der Waals surface area contributed by atoms with E-state index in [1.165, 1.54) is 0 Å². The number of ether oxygens (including phenoxy) is 1. The average Bonchev–Trinajstić information content (AvgIpc) is 2.57. The minimum absolute atomic E-state index is 0.104. The van der Waals surface area contributed by atoms with Gasteiger partial charge in [-0.3, -0.25) is 0 Å². The van der Waals surface area contributed by atoms with Crippen molar-refractivity contribution in [3.05, 3.63) is 40.4 Å². The fourth-order valence-corrected chi connectivity index (χ4v) is 4.33. The van der Waals surface area contributed by atoms with Gasteiger partial charge in [0.25, 0.3) is 0 Å². The van der Waals surface area contributed by atoms with Crippen LogP contribution in [0.3, 0.4) is 0 Å². The summed E-state index contributed by atoms with van der Waals surface area (Å²) < 4.78 is 6.99. The van der Waals surface area contributed by atoms with Gasteiger partial charge < -0.3 is 0 Å². The van der Waals surface area contributed by atoms with E-state index >= 15 is 0 Å². The van der Waals surface area contributed by atoms with E-state index in [0.717, 1.165) is 23.7 Å². The van der Waals surface area contributed by atoms with Crippen molar-refractivity contribution in [3.8, 4) is 0 Å². The van der Waals surface area contributed by atoms with Crippen LogP contribution in [0, 0.1) is 0 Å². The molecule has 1 rings (SSSR count). The molecule has 23 heavy (non-hydrogen) atoms. The molecule has 0 aliphatic rings. The van der Waals surface area contributed by atoms with Crippen LogP contribution in [0.5, 0.6) is 0 Å². The molecule has 1 aromatic rings. The van der Waals surface area contributed by atoms with E-state index in [1.54, 1.807) is 6.92 Å². The second kappa shape index (κ2) is 11.2. The molecule has 0 aliphatic carbocycles. The van der Waals surface area contributed by atoms with Crippen molar-refractivity contribution in [2.45, 2.75) is 52.9 Å². The van der Waals surface area contributed by atoms with Crippen molar-refractivity contribution < 1.29 is 14.3 Å². The molecule has 0 unspecified atom stereocenters. The van der Waals surface area contributed by atoms with Crippen LogP contribution in [0.1, 0.15) is 52.9 Å². The third-order valence-corrected chi connectivity index (χ3v) is 5.76. The van der Waals surface area contributed by atoms with Gasteiger partial charge in [-0.2, -0.15) is 0 Å².